The van der Waals surface area contributed by atoms with Gasteiger partial charge in [0.05, 0.1) is 7.11 Å². The fourth-order valence-electron chi connectivity index (χ4n) is 1.86. The maximum atomic E-state index is 5.58. The molecule has 0 radical (unpaired) electrons. The minimum atomic E-state index is 0.0994. The lowest BCUT2D eigenvalue weighted by Gasteiger charge is -2.25. The summed E-state index contributed by atoms with van der Waals surface area (Å²) in [6.07, 6.45) is 1.95. The summed E-state index contributed by atoms with van der Waals surface area (Å²) in [5.74, 6) is 1.32. The van der Waals surface area contributed by atoms with Gasteiger partial charge in [-0.1, -0.05) is 52.0 Å². The first-order valence-electron chi connectivity index (χ1n) is 5.71. The zero-order valence-electron chi connectivity index (χ0n) is 11.0. The standard InChI is InChI=1S/C15H22O/c1-7-11(2)12-9-8-10-13(14(12)16-6)15(3,4)5/h7-11H,1H2,2-6H3. The Morgan fingerprint density at radius 1 is 1.31 bits per heavy atom. The van der Waals surface area contributed by atoms with E-state index < -0.39 is 0 Å². The SMILES string of the molecule is C=CC(C)c1cccc(C(C)(C)C)c1OC. The third-order valence-electron chi connectivity index (χ3n) is 2.90. The van der Waals surface area contributed by atoms with E-state index in [1.807, 2.05) is 6.08 Å². The molecule has 0 amide bonds. The Morgan fingerprint density at radius 3 is 2.38 bits per heavy atom. The van der Waals surface area contributed by atoms with Gasteiger partial charge in [0.2, 0.25) is 0 Å². The van der Waals surface area contributed by atoms with Gasteiger partial charge in [0.25, 0.3) is 0 Å². The molecule has 0 heterocycles. The second kappa shape index (κ2) is 4.73. The Bertz CT molecular complexity index is 372. The molecule has 1 atom stereocenters. The van der Waals surface area contributed by atoms with Gasteiger partial charge >= 0.3 is 0 Å². The second-order valence-corrected chi connectivity index (χ2v) is 5.20. The van der Waals surface area contributed by atoms with Crippen LogP contribution in [0.3, 0.4) is 0 Å². The highest BCUT2D eigenvalue weighted by atomic mass is 16.5. The highest BCUT2D eigenvalue weighted by molar-refractivity contribution is 5.47. The van der Waals surface area contributed by atoms with Crippen LogP contribution in [0.1, 0.15) is 44.7 Å². The van der Waals surface area contributed by atoms with Crippen LogP contribution in [0, 0.1) is 0 Å². The Labute approximate surface area is 99.1 Å². The van der Waals surface area contributed by atoms with Crippen molar-refractivity contribution in [2.24, 2.45) is 0 Å². The summed E-state index contributed by atoms with van der Waals surface area (Å²) < 4.78 is 5.58. The summed E-state index contributed by atoms with van der Waals surface area (Å²) in [5.41, 5.74) is 2.56. The Kier molecular flexibility index (Phi) is 3.79. The molecule has 88 valence electrons. The number of allylic oxidation sites excluding steroid dienone is 1. The summed E-state index contributed by atoms with van der Waals surface area (Å²) in [7, 11) is 1.74. The van der Waals surface area contributed by atoms with E-state index >= 15 is 0 Å². The highest BCUT2D eigenvalue weighted by Gasteiger charge is 2.21. The Hall–Kier alpha value is -1.24. The minimum Gasteiger partial charge on any atom is -0.496 e. The average Bonchev–Trinajstić information content (AvgIpc) is 2.25. The molecule has 0 aliphatic heterocycles. The maximum absolute atomic E-state index is 5.58. The van der Waals surface area contributed by atoms with E-state index in [0.29, 0.717) is 5.92 Å². The van der Waals surface area contributed by atoms with Gasteiger partial charge in [-0.2, -0.15) is 0 Å². The lowest BCUT2D eigenvalue weighted by Crippen LogP contribution is -2.14. The van der Waals surface area contributed by atoms with Crippen LogP contribution in [-0.2, 0) is 5.41 Å². The molecule has 0 saturated carbocycles. The smallest absolute Gasteiger partial charge is 0.126 e. The normalized spacial score (nSPS) is 13.3. The topological polar surface area (TPSA) is 9.23 Å². The third-order valence-corrected chi connectivity index (χ3v) is 2.90. The molecular formula is C15H22O. The maximum Gasteiger partial charge on any atom is 0.126 e. The third kappa shape index (κ3) is 2.46. The first kappa shape index (κ1) is 12.8. The van der Waals surface area contributed by atoms with E-state index in [4.69, 9.17) is 4.74 Å². The first-order valence-corrected chi connectivity index (χ1v) is 5.71. The zero-order chi connectivity index (χ0) is 12.3. The molecule has 0 aliphatic rings. The number of ether oxygens (including phenoxy) is 1. The van der Waals surface area contributed by atoms with Crippen molar-refractivity contribution >= 4 is 0 Å². The average molecular weight is 218 g/mol. The molecule has 0 bridgehead atoms. The van der Waals surface area contributed by atoms with Gasteiger partial charge in [-0.3, -0.25) is 0 Å². The van der Waals surface area contributed by atoms with E-state index in [1.54, 1.807) is 7.11 Å². The number of methoxy groups -OCH3 is 1. The number of rotatable bonds is 3. The molecule has 0 spiro atoms. The molecule has 1 aromatic carbocycles. The van der Waals surface area contributed by atoms with Crippen molar-refractivity contribution in [2.75, 3.05) is 7.11 Å². The van der Waals surface area contributed by atoms with Crippen molar-refractivity contribution in [2.45, 2.75) is 39.0 Å². The summed E-state index contributed by atoms with van der Waals surface area (Å²) in [5, 5.41) is 0. The molecule has 0 aliphatic carbocycles. The minimum absolute atomic E-state index is 0.0994. The van der Waals surface area contributed by atoms with Gasteiger partial charge < -0.3 is 4.74 Å². The molecule has 0 saturated heterocycles. The van der Waals surface area contributed by atoms with Crippen LogP contribution in [0.25, 0.3) is 0 Å². The van der Waals surface area contributed by atoms with E-state index in [2.05, 4.69) is 52.5 Å². The van der Waals surface area contributed by atoms with Crippen molar-refractivity contribution in [1.82, 2.24) is 0 Å². The number of benzene rings is 1. The fraction of sp³-hybridized carbons (Fsp3) is 0.467. The number of hydrogen-bond donors (Lipinski definition) is 0. The van der Waals surface area contributed by atoms with Gasteiger partial charge in [-0.05, 0) is 11.0 Å². The quantitative estimate of drug-likeness (QED) is 0.688. The zero-order valence-corrected chi connectivity index (χ0v) is 11.0. The van der Waals surface area contributed by atoms with E-state index in [9.17, 15) is 0 Å². The van der Waals surface area contributed by atoms with Gasteiger partial charge in [0, 0.05) is 11.5 Å². The molecule has 1 rings (SSSR count). The summed E-state index contributed by atoms with van der Waals surface area (Å²) in [4.78, 5) is 0. The van der Waals surface area contributed by atoms with Crippen LogP contribution in [0.15, 0.2) is 30.9 Å². The van der Waals surface area contributed by atoms with Crippen molar-refractivity contribution in [1.29, 1.82) is 0 Å². The second-order valence-electron chi connectivity index (χ2n) is 5.20. The van der Waals surface area contributed by atoms with E-state index in [0.717, 1.165) is 5.75 Å². The molecule has 0 aromatic heterocycles. The number of para-hydroxylation sites is 1. The van der Waals surface area contributed by atoms with Crippen molar-refractivity contribution in [3.63, 3.8) is 0 Å². The van der Waals surface area contributed by atoms with E-state index in [-0.39, 0.29) is 5.41 Å². The van der Waals surface area contributed by atoms with Crippen molar-refractivity contribution in [3.8, 4) is 5.75 Å². The molecule has 16 heavy (non-hydrogen) atoms. The lowest BCUT2D eigenvalue weighted by molar-refractivity contribution is 0.391. The van der Waals surface area contributed by atoms with Crippen LogP contribution in [0.5, 0.6) is 5.75 Å². The molecule has 1 unspecified atom stereocenters. The first-order chi connectivity index (χ1) is 7.41. The molecule has 1 nitrogen and oxygen atoms in total. The summed E-state index contributed by atoms with van der Waals surface area (Å²) in [6, 6.07) is 6.34. The van der Waals surface area contributed by atoms with E-state index in [1.165, 1.54) is 11.1 Å². The molecule has 1 heteroatoms. The predicted octanol–water partition coefficient (Wildman–Crippen LogP) is 4.28. The van der Waals surface area contributed by atoms with Crippen molar-refractivity contribution < 1.29 is 4.74 Å². The molecule has 0 fully saturated rings. The Balaban J connectivity index is 3.37. The summed E-state index contributed by atoms with van der Waals surface area (Å²) in [6.45, 7) is 12.6. The van der Waals surface area contributed by atoms with Gasteiger partial charge in [-0.15, -0.1) is 6.58 Å². The fourth-order valence-corrected chi connectivity index (χ4v) is 1.86. The highest BCUT2D eigenvalue weighted by Crippen LogP contribution is 2.37. The van der Waals surface area contributed by atoms with Gasteiger partial charge in [0.15, 0.2) is 0 Å². The van der Waals surface area contributed by atoms with Gasteiger partial charge in [-0.25, -0.2) is 0 Å². The van der Waals surface area contributed by atoms with Crippen LogP contribution in [0.4, 0.5) is 0 Å². The van der Waals surface area contributed by atoms with Crippen LogP contribution >= 0.6 is 0 Å². The predicted molar refractivity (Wildman–Crippen MR) is 70.3 cm³/mol. The van der Waals surface area contributed by atoms with Crippen molar-refractivity contribution in [3.05, 3.63) is 42.0 Å². The van der Waals surface area contributed by atoms with Gasteiger partial charge in [0.1, 0.15) is 5.75 Å². The molecule has 1 aromatic rings. The molecule has 0 N–H and O–H groups in total. The largest absolute Gasteiger partial charge is 0.496 e. The van der Waals surface area contributed by atoms with Crippen LogP contribution in [-0.4, -0.2) is 7.11 Å². The summed E-state index contributed by atoms with van der Waals surface area (Å²) >= 11 is 0. The lowest BCUT2D eigenvalue weighted by atomic mass is 9.83. The Morgan fingerprint density at radius 2 is 1.94 bits per heavy atom. The van der Waals surface area contributed by atoms with Crippen LogP contribution < -0.4 is 4.74 Å². The molecular weight excluding hydrogens is 196 g/mol. The monoisotopic (exact) mass is 218 g/mol. The van der Waals surface area contributed by atoms with Crippen LogP contribution in [0.2, 0.25) is 0 Å². The number of hydrogen-bond acceptors (Lipinski definition) is 1.